The molecule has 0 aliphatic heterocycles. The number of halogens is 1. The van der Waals surface area contributed by atoms with Crippen LogP contribution in [0.25, 0.3) is 38.7 Å². The molecule has 3 heterocycles. The van der Waals surface area contributed by atoms with Crippen LogP contribution in [0, 0.1) is 12.7 Å². The van der Waals surface area contributed by atoms with E-state index >= 15 is 0 Å². The number of hydrogen-bond donors (Lipinski definition) is 0. The second-order valence-corrected chi connectivity index (χ2v) is 10.4. The molecule has 0 N–H and O–H groups in total. The standard InChI is InChI=1S/C24H20FN3OS2/c1-14(2)30-23-22(21-12-17-7-4-5-10-20(17)29-21)26-24(31-23)28-13-19(15(3)27-28)16-8-6-9-18(25)11-16/h4-14H,1-3H3. The van der Waals surface area contributed by atoms with E-state index in [1.807, 2.05) is 49.5 Å². The Labute approximate surface area is 187 Å². The molecule has 0 aliphatic carbocycles. The summed E-state index contributed by atoms with van der Waals surface area (Å²) in [5.74, 6) is 0.489. The van der Waals surface area contributed by atoms with Gasteiger partial charge in [-0.25, -0.2) is 14.1 Å². The Bertz CT molecular complexity index is 1350. The van der Waals surface area contributed by atoms with E-state index in [0.717, 1.165) is 48.6 Å². The van der Waals surface area contributed by atoms with Crippen LogP contribution in [0.4, 0.5) is 4.39 Å². The number of aromatic nitrogens is 3. The van der Waals surface area contributed by atoms with Crippen molar-refractivity contribution in [3.63, 3.8) is 0 Å². The molecule has 7 heteroatoms. The summed E-state index contributed by atoms with van der Waals surface area (Å²) in [5, 5.41) is 6.87. The second kappa shape index (κ2) is 7.98. The van der Waals surface area contributed by atoms with Gasteiger partial charge >= 0.3 is 0 Å². The van der Waals surface area contributed by atoms with Crippen molar-refractivity contribution in [2.45, 2.75) is 30.2 Å². The van der Waals surface area contributed by atoms with Gasteiger partial charge in [-0.15, -0.1) is 11.8 Å². The largest absolute Gasteiger partial charge is 0.454 e. The molecule has 156 valence electrons. The van der Waals surface area contributed by atoms with Crippen molar-refractivity contribution in [3.05, 3.63) is 72.3 Å². The van der Waals surface area contributed by atoms with E-state index < -0.39 is 0 Å². The lowest BCUT2D eigenvalue weighted by atomic mass is 10.1. The van der Waals surface area contributed by atoms with Crippen molar-refractivity contribution in [2.24, 2.45) is 0 Å². The molecule has 5 rings (SSSR count). The minimum Gasteiger partial charge on any atom is -0.454 e. The quantitative estimate of drug-likeness (QED) is 0.263. The minimum absolute atomic E-state index is 0.262. The average Bonchev–Trinajstić information content (AvgIpc) is 3.43. The first-order valence-corrected chi connectivity index (χ1v) is 11.7. The Morgan fingerprint density at radius 3 is 2.71 bits per heavy atom. The first kappa shape index (κ1) is 20.0. The van der Waals surface area contributed by atoms with Crippen LogP contribution in [0.2, 0.25) is 0 Å². The zero-order valence-corrected chi connectivity index (χ0v) is 18.9. The second-order valence-electron chi connectivity index (χ2n) is 7.53. The van der Waals surface area contributed by atoms with Gasteiger partial charge in [0.25, 0.3) is 0 Å². The fourth-order valence-electron chi connectivity index (χ4n) is 3.44. The number of thiazole rings is 1. The van der Waals surface area contributed by atoms with E-state index in [4.69, 9.17) is 9.40 Å². The summed E-state index contributed by atoms with van der Waals surface area (Å²) in [6.45, 7) is 6.24. The van der Waals surface area contributed by atoms with Gasteiger partial charge in [-0.3, -0.25) is 0 Å². The third-order valence-electron chi connectivity index (χ3n) is 4.82. The maximum absolute atomic E-state index is 13.7. The molecule has 31 heavy (non-hydrogen) atoms. The highest BCUT2D eigenvalue weighted by Crippen LogP contribution is 2.41. The van der Waals surface area contributed by atoms with Gasteiger partial charge in [0.2, 0.25) is 5.13 Å². The zero-order valence-electron chi connectivity index (χ0n) is 17.3. The van der Waals surface area contributed by atoms with Gasteiger partial charge in [-0.1, -0.05) is 55.5 Å². The molecule has 0 aliphatic rings. The van der Waals surface area contributed by atoms with Crippen LogP contribution >= 0.6 is 23.1 Å². The van der Waals surface area contributed by atoms with Gasteiger partial charge in [-0.2, -0.15) is 5.10 Å². The van der Waals surface area contributed by atoms with Gasteiger partial charge in [0.1, 0.15) is 17.1 Å². The summed E-state index contributed by atoms with van der Waals surface area (Å²) in [5.41, 5.74) is 4.18. The fourth-order valence-corrected chi connectivity index (χ4v) is 5.85. The van der Waals surface area contributed by atoms with E-state index in [9.17, 15) is 4.39 Å². The molecule has 0 radical (unpaired) electrons. The molecular formula is C24H20FN3OS2. The lowest BCUT2D eigenvalue weighted by molar-refractivity contribution is 0.627. The highest BCUT2D eigenvalue weighted by Gasteiger charge is 2.20. The average molecular weight is 450 g/mol. The van der Waals surface area contributed by atoms with Crippen molar-refractivity contribution < 1.29 is 8.81 Å². The number of thioether (sulfide) groups is 1. The summed E-state index contributed by atoms with van der Waals surface area (Å²) in [4.78, 5) is 4.90. The zero-order chi connectivity index (χ0) is 21.5. The molecular weight excluding hydrogens is 429 g/mol. The first-order chi connectivity index (χ1) is 15.0. The summed E-state index contributed by atoms with van der Waals surface area (Å²) < 4.78 is 22.7. The van der Waals surface area contributed by atoms with E-state index in [1.54, 1.807) is 33.8 Å². The first-order valence-electron chi connectivity index (χ1n) is 9.97. The number of rotatable bonds is 5. The van der Waals surface area contributed by atoms with Crippen LogP contribution in [-0.4, -0.2) is 20.0 Å². The number of nitrogens with zero attached hydrogens (tertiary/aromatic N) is 3. The van der Waals surface area contributed by atoms with Gasteiger partial charge in [-0.05, 0) is 36.8 Å². The summed E-state index contributed by atoms with van der Waals surface area (Å²) in [7, 11) is 0. The lowest BCUT2D eigenvalue weighted by Crippen LogP contribution is -1.93. The van der Waals surface area contributed by atoms with Gasteiger partial charge < -0.3 is 4.42 Å². The third kappa shape index (κ3) is 3.91. The predicted octanol–water partition coefficient (Wildman–Crippen LogP) is 7.36. The van der Waals surface area contributed by atoms with Crippen molar-refractivity contribution in [1.82, 2.24) is 14.8 Å². The van der Waals surface area contributed by atoms with Crippen molar-refractivity contribution >= 4 is 34.1 Å². The molecule has 0 saturated carbocycles. The number of fused-ring (bicyclic) bond motifs is 1. The van der Waals surface area contributed by atoms with E-state index in [1.165, 1.54) is 12.1 Å². The van der Waals surface area contributed by atoms with Crippen molar-refractivity contribution in [2.75, 3.05) is 0 Å². The van der Waals surface area contributed by atoms with Crippen LogP contribution in [0.15, 0.2) is 69.4 Å². The number of aryl methyl sites for hydroxylation is 1. The topological polar surface area (TPSA) is 43.9 Å². The Hall–Kier alpha value is -2.90. The molecule has 0 bridgehead atoms. The molecule has 5 aromatic rings. The highest BCUT2D eigenvalue weighted by molar-refractivity contribution is 8.01. The Morgan fingerprint density at radius 1 is 1.10 bits per heavy atom. The van der Waals surface area contributed by atoms with Crippen molar-refractivity contribution in [3.8, 4) is 27.7 Å². The third-order valence-corrected chi connectivity index (χ3v) is 7.07. The van der Waals surface area contributed by atoms with Crippen LogP contribution in [0.3, 0.4) is 0 Å². The van der Waals surface area contributed by atoms with E-state index in [0.29, 0.717) is 5.25 Å². The molecule has 0 atom stereocenters. The monoisotopic (exact) mass is 449 g/mol. The highest BCUT2D eigenvalue weighted by atomic mass is 32.2. The van der Waals surface area contributed by atoms with Crippen LogP contribution in [-0.2, 0) is 0 Å². The van der Waals surface area contributed by atoms with Crippen LogP contribution in [0.1, 0.15) is 19.5 Å². The summed E-state index contributed by atoms with van der Waals surface area (Å²) in [6.07, 6.45) is 1.91. The predicted molar refractivity (Wildman–Crippen MR) is 126 cm³/mol. The maximum atomic E-state index is 13.7. The Kier molecular flexibility index (Phi) is 5.16. The van der Waals surface area contributed by atoms with Crippen molar-refractivity contribution in [1.29, 1.82) is 0 Å². The smallest absolute Gasteiger partial charge is 0.212 e. The normalized spacial score (nSPS) is 11.6. The molecule has 0 unspecified atom stereocenters. The van der Waals surface area contributed by atoms with E-state index in [2.05, 4.69) is 18.9 Å². The molecule has 0 spiro atoms. The summed E-state index contributed by atoms with van der Waals surface area (Å²) >= 11 is 3.34. The molecule has 0 fully saturated rings. The number of benzene rings is 2. The fraction of sp³-hybridized carbons (Fsp3) is 0.167. The van der Waals surface area contributed by atoms with E-state index in [-0.39, 0.29) is 5.82 Å². The summed E-state index contributed by atoms with van der Waals surface area (Å²) in [6, 6.07) is 16.6. The Morgan fingerprint density at radius 2 is 1.94 bits per heavy atom. The number of furan rings is 1. The van der Waals surface area contributed by atoms with Gasteiger partial charge in [0.05, 0.1) is 9.90 Å². The lowest BCUT2D eigenvalue weighted by Gasteiger charge is -2.02. The Balaban J connectivity index is 1.60. The molecule has 0 saturated heterocycles. The molecule has 4 nitrogen and oxygen atoms in total. The molecule has 3 aromatic heterocycles. The maximum Gasteiger partial charge on any atom is 0.212 e. The minimum atomic E-state index is -0.262. The molecule has 2 aromatic carbocycles. The SMILES string of the molecule is Cc1nn(-c2nc(-c3cc4ccccc4o3)c(SC(C)C)s2)cc1-c1cccc(F)c1. The van der Waals surface area contributed by atoms with Gasteiger partial charge in [0, 0.05) is 22.4 Å². The van der Waals surface area contributed by atoms with Crippen LogP contribution < -0.4 is 0 Å². The molecule has 0 amide bonds. The number of para-hydroxylation sites is 1. The number of hydrogen-bond acceptors (Lipinski definition) is 5. The van der Waals surface area contributed by atoms with Gasteiger partial charge in [0.15, 0.2) is 5.76 Å². The van der Waals surface area contributed by atoms with Crippen LogP contribution in [0.5, 0.6) is 0 Å².